The number of phosphoric ester groups is 2. The number of ether oxygens (including phenoxy) is 4. The zero-order valence-electron chi connectivity index (χ0n) is 64.6. The summed E-state index contributed by atoms with van der Waals surface area (Å²) in [5.74, 6) is -1.33. The van der Waals surface area contributed by atoms with Crippen molar-refractivity contribution in [3.63, 3.8) is 0 Å². The van der Waals surface area contributed by atoms with Crippen LogP contribution >= 0.6 is 15.6 Å². The standard InChI is InChI=1S/C80H156O17P2/c1-6-9-12-15-18-21-23-25-26-27-28-29-30-31-32-33-35-41-46-51-56-61-66-80(85)97-76(70-91-78(83)64-59-54-49-44-39-37-36-38-43-47-52-57-62-73(4)5)72-95-99(88,89)93-68-74(81)67-92-98(86,87)94-71-75(69-90-77(82)63-58-53-48-42-20-17-14-11-8-3)96-79(84)65-60-55-50-45-40-34-24-22-19-16-13-10-7-2/h73-76,81H,6-72H2,1-5H3,(H,86,87)(H,88,89)/t74-,75+,76+/m0/s1. The largest absolute Gasteiger partial charge is 0.472 e. The summed E-state index contributed by atoms with van der Waals surface area (Å²) in [5.41, 5.74) is 0. The third kappa shape index (κ3) is 74.1. The fourth-order valence-corrected chi connectivity index (χ4v) is 14.0. The Morgan fingerprint density at radius 3 is 0.687 bits per heavy atom. The number of carbonyl (C=O) groups excluding carboxylic acids is 4. The quantitative estimate of drug-likeness (QED) is 0.0222. The smallest absolute Gasteiger partial charge is 0.462 e. The van der Waals surface area contributed by atoms with Crippen LogP contribution in [0.25, 0.3) is 0 Å². The minimum absolute atomic E-state index is 0.108. The number of hydrogen-bond donors (Lipinski definition) is 3. The lowest BCUT2D eigenvalue weighted by Crippen LogP contribution is -2.30. The monoisotopic (exact) mass is 1450 g/mol. The number of aliphatic hydroxyl groups excluding tert-OH is 1. The molecule has 588 valence electrons. The number of rotatable bonds is 80. The fraction of sp³-hybridized carbons (Fsp3) is 0.950. The summed E-state index contributed by atoms with van der Waals surface area (Å²) < 4.78 is 68.6. The van der Waals surface area contributed by atoms with Crippen molar-refractivity contribution in [3.05, 3.63) is 0 Å². The predicted octanol–water partition coefficient (Wildman–Crippen LogP) is 24.0. The maximum atomic E-state index is 13.1. The Labute approximate surface area is 607 Å². The van der Waals surface area contributed by atoms with E-state index in [1.165, 1.54) is 250 Å². The molecule has 2 unspecified atom stereocenters. The van der Waals surface area contributed by atoms with Gasteiger partial charge in [0.1, 0.15) is 19.3 Å². The van der Waals surface area contributed by atoms with E-state index < -0.39 is 97.5 Å². The van der Waals surface area contributed by atoms with Crippen LogP contribution in [-0.2, 0) is 65.4 Å². The Hall–Kier alpha value is -1.94. The number of hydrogen-bond acceptors (Lipinski definition) is 15. The Morgan fingerprint density at radius 1 is 0.273 bits per heavy atom. The van der Waals surface area contributed by atoms with Gasteiger partial charge in [-0.15, -0.1) is 0 Å². The molecule has 0 bridgehead atoms. The van der Waals surface area contributed by atoms with Gasteiger partial charge in [0.25, 0.3) is 0 Å². The summed E-state index contributed by atoms with van der Waals surface area (Å²) in [6, 6.07) is 0. The lowest BCUT2D eigenvalue weighted by atomic mass is 10.0. The molecular formula is C80H156O17P2. The number of phosphoric acid groups is 2. The SMILES string of the molecule is CCCCCCCCCCCCCCCCCCCCCCCCC(=O)O[C@H](COC(=O)CCCCCCCCCCCCCCC(C)C)COP(=O)(O)OC[C@@H](O)COP(=O)(O)OC[C@@H](COC(=O)CCCCCCCCCCC)OC(=O)CCCCCCCCCCCCCCC. The lowest BCUT2D eigenvalue weighted by molar-refractivity contribution is -0.161. The van der Waals surface area contributed by atoms with E-state index in [2.05, 4.69) is 34.6 Å². The minimum atomic E-state index is -4.96. The topological polar surface area (TPSA) is 237 Å². The lowest BCUT2D eigenvalue weighted by Gasteiger charge is -2.21. The van der Waals surface area contributed by atoms with E-state index in [0.717, 1.165) is 95.8 Å². The molecule has 19 heteroatoms. The third-order valence-electron chi connectivity index (χ3n) is 18.8. The van der Waals surface area contributed by atoms with Gasteiger partial charge in [0.2, 0.25) is 0 Å². The minimum Gasteiger partial charge on any atom is -0.462 e. The number of aliphatic hydroxyl groups is 1. The Morgan fingerprint density at radius 2 is 0.465 bits per heavy atom. The van der Waals surface area contributed by atoms with Crippen LogP contribution in [0.2, 0.25) is 0 Å². The Kier molecular flexibility index (Phi) is 71.6. The zero-order valence-corrected chi connectivity index (χ0v) is 66.4. The molecular weight excluding hydrogens is 1290 g/mol. The van der Waals surface area contributed by atoms with Crippen molar-refractivity contribution in [3.8, 4) is 0 Å². The molecule has 0 aromatic rings. The molecule has 0 aliphatic rings. The first kappa shape index (κ1) is 97.1. The average molecular weight is 1450 g/mol. The van der Waals surface area contributed by atoms with E-state index in [-0.39, 0.29) is 25.7 Å². The molecule has 0 saturated heterocycles. The summed E-state index contributed by atoms with van der Waals surface area (Å²) in [7, 11) is -9.91. The van der Waals surface area contributed by atoms with Crippen molar-refractivity contribution in [2.24, 2.45) is 5.92 Å². The molecule has 0 fully saturated rings. The van der Waals surface area contributed by atoms with Gasteiger partial charge < -0.3 is 33.8 Å². The Balaban J connectivity index is 5.19. The van der Waals surface area contributed by atoms with E-state index in [1.54, 1.807) is 0 Å². The summed E-state index contributed by atoms with van der Waals surface area (Å²) in [6.45, 7) is 7.32. The second-order valence-electron chi connectivity index (χ2n) is 29.3. The van der Waals surface area contributed by atoms with Gasteiger partial charge in [-0.25, -0.2) is 9.13 Å². The number of unbranched alkanes of at least 4 members (excludes halogenated alkanes) is 52. The van der Waals surface area contributed by atoms with Crippen LogP contribution in [0.3, 0.4) is 0 Å². The molecule has 0 radical (unpaired) electrons. The van der Waals surface area contributed by atoms with Crippen LogP contribution in [0.4, 0.5) is 0 Å². The summed E-state index contributed by atoms with van der Waals surface area (Å²) in [5, 5.41) is 10.6. The molecule has 99 heavy (non-hydrogen) atoms. The molecule has 0 spiro atoms. The van der Waals surface area contributed by atoms with Gasteiger partial charge in [0.15, 0.2) is 12.2 Å². The van der Waals surface area contributed by atoms with Gasteiger partial charge in [0.05, 0.1) is 26.4 Å². The van der Waals surface area contributed by atoms with Crippen LogP contribution in [0.15, 0.2) is 0 Å². The summed E-state index contributed by atoms with van der Waals surface area (Å²) in [6.07, 6.45) is 63.9. The van der Waals surface area contributed by atoms with Crippen molar-refractivity contribution >= 4 is 39.5 Å². The maximum absolute atomic E-state index is 13.1. The van der Waals surface area contributed by atoms with Crippen molar-refractivity contribution in [1.82, 2.24) is 0 Å². The van der Waals surface area contributed by atoms with Gasteiger partial charge in [-0.3, -0.25) is 37.3 Å². The van der Waals surface area contributed by atoms with Crippen molar-refractivity contribution in [2.75, 3.05) is 39.6 Å². The molecule has 0 amide bonds. The van der Waals surface area contributed by atoms with Crippen LogP contribution in [0.5, 0.6) is 0 Å². The molecule has 3 N–H and O–H groups in total. The van der Waals surface area contributed by atoms with Crippen LogP contribution in [-0.4, -0.2) is 96.7 Å². The molecule has 5 atom stereocenters. The highest BCUT2D eigenvalue weighted by atomic mass is 31.2. The average Bonchev–Trinajstić information content (AvgIpc) is 1.07. The zero-order chi connectivity index (χ0) is 72.7. The molecule has 0 heterocycles. The maximum Gasteiger partial charge on any atom is 0.472 e. The number of esters is 4. The van der Waals surface area contributed by atoms with Gasteiger partial charge in [0, 0.05) is 25.7 Å². The highest BCUT2D eigenvalue weighted by Gasteiger charge is 2.30. The summed E-state index contributed by atoms with van der Waals surface area (Å²) in [4.78, 5) is 72.9. The molecule has 0 saturated carbocycles. The second kappa shape index (κ2) is 73.0. The Bertz CT molecular complexity index is 1890. The van der Waals surface area contributed by atoms with Gasteiger partial charge in [-0.2, -0.15) is 0 Å². The summed E-state index contributed by atoms with van der Waals surface area (Å²) >= 11 is 0. The van der Waals surface area contributed by atoms with Crippen LogP contribution in [0, 0.1) is 5.92 Å². The van der Waals surface area contributed by atoms with E-state index in [1.807, 2.05) is 0 Å². The van der Waals surface area contributed by atoms with Crippen molar-refractivity contribution < 1.29 is 80.2 Å². The first-order valence-electron chi connectivity index (χ1n) is 41.6. The van der Waals surface area contributed by atoms with Gasteiger partial charge in [-0.05, 0) is 31.6 Å². The molecule has 0 rings (SSSR count). The highest BCUT2D eigenvalue weighted by Crippen LogP contribution is 2.45. The number of carbonyl (C=O) groups is 4. The molecule has 17 nitrogen and oxygen atoms in total. The second-order valence-corrected chi connectivity index (χ2v) is 32.2. The van der Waals surface area contributed by atoms with Crippen LogP contribution in [0.1, 0.15) is 426 Å². The molecule has 0 aromatic heterocycles. The molecule has 0 aromatic carbocycles. The third-order valence-corrected chi connectivity index (χ3v) is 20.7. The molecule has 0 aliphatic heterocycles. The fourth-order valence-electron chi connectivity index (χ4n) is 12.4. The van der Waals surface area contributed by atoms with Crippen molar-refractivity contribution in [2.45, 2.75) is 445 Å². The van der Waals surface area contributed by atoms with E-state index >= 15 is 0 Å². The van der Waals surface area contributed by atoms with Crippen LogP contribution < -0.4 is 0 Å². The molecule has 0 aliphatic carbocycles. The van der Waals surface area contributed by atoms with Crippen molar-refractivity contribution in [1.29, 1.82) is 0 Å². The first-order chi connectivity index (χ1) is 48.0. The van der Waals surface area contributed by atoms with Gasteiger partial charge >= 0.3 is 39.5 Å². The van der Waals surface area contributed by atoms with E-state index in [9.17, 15) is 43.2 Å². The predicted molar refractivity (Wildman–Crippen MR) is 405 cm³/mol. The normalized spacial score (nSPS) is 13.9. The first-order valence-corrected chi connectivity index (χ1v) is 44.6. The van der Waals surface area contributed by atoms with E-state index in [4.69, 9.17) is 37.0 Å². The van der Waals surface area contributed by atoms with E-state index in [0.29, 0.717) is 25.7 Å². The van der Waals surface area contributed by atoms with Gasteiger partial charge in [-0.1, -0.05) is 375 Å². The highest BCUT2D eigenvalue weighted by molar-refractivity contribution is 7.47.